The van der Waals surface area contributed by atoms with Crippen molar-refractivity contribution in [2.24, 2.45) is 0 Å². The van der Waals surface area contributed by atoms with Crippen LogP contribution in [-0.2, 0) is 9.53 Å². The minimum absolute atomic E-state index is 0.103. The van der Waals surface area contributed by atoms with E-state index in [-0.39, 0.29) is 5.70 Å². The Morgan fingerprint density at radius 3 is 2.50 bits per heavy atom. The predicted molar refractivity (Wildman–Crippen MR) is 62.3 cm³/mol. The average Bonchev–Trinajstić information content (AvgIpc) is 2.29. The average molecular weight is 229 g/mol. The van der Waals surface area contributed by atoms with Crippen LogP contribution in [0.1, 0.15) is 45.4 Å². The largest absolute Gasteiger partial charge is 0.509 e. The smallest absolute Gasteiger partial charge is 0.393 e. The Kier molecular flexibility index (Phi) is 9.81. The van der Waals surface area contributed by atoms with E-state index in [4.69, 9.17) is 9.84 Å². The number of nitrogens with two attached hydrogens (primary N) is 1. The zero-order valence-electron chi connectivity index (χ0n) is 10.1. The van der Waals surface area contributed by atoms with E-state index in [0.29, 0.717) is 6.61 Å². The van der Waals surface area contributed by atoms with E-state index >= 15 is 0 Å². The summed E-state index contributed by atoms with van der Waals surface area (Å²) < 4.78 is 4.95. The molecular formula is C12H23NO3. The van der Waals surface area contributed by atoms with Gasteiger partial charge in [0.25, 0.3) is 0 Å². The van der Waals surface area contributed by atoms with Crippen LogP contribution < -0.4 is 5.32 Å². The summed E-state index contributed by atoms with van der Waals surface area (Å²) in [6, 6.07) is 0. The van der Waals surface area contributed by atoms with Crippen molar-refractivity contribution >= 4 is 5.97 Å². The van der Waals surface area contributed by atoms with Gasteiger partial charge in [-0.1, -0.05) is 39.0 Å². The Hall–Kier alpha value is -1.03. The molecule has 94 valence electrons. The lowest BCUT2D eigenvalue weighted by Gasteiger charge is -2.05. The summed E-state index contributed by atoms with van der Waals surface area (Å²) in [7, 11) is 3.40. The molecule has 0 heterocycles. The zero-order valence-corrected chi connectivity index (χ0v) is 10.1. The van der Waals surface area contributed by atoms with Crippen LogP contribution in [-0.4, -0.2) is 17.7 Å². The van der Waals surface area contributed by atoms with Gasteiger partial charge in [-0.3, -0.25) is 0 Å². The van der Waals surface area contributed by atoms with Crippen molar-refractivity contribution in [3.8, 4) is 0 Å². The van der Waals surface area contributed by atoms with Crippen molar-refractivity contribution in [2.45, 2.75) is 45.4 Å². The molecule has 0 aromatic rings. The fourth-order valence-electron chi connectivity index (χ4n) is 1.32. The third-order valence-electron chi connectivity index (χ3n) is 2.33. The van der Waals surface area contributed by atoms with Crippen LogP contribution in [0.4, 0.5) is 0 Å². The van der Waals surface area contributed by atoms with Gasteiger partial charge in [0.1, 0.15) is 6.26 Å². The van der Waals surface area contributed by atoms with Gasteiger partial charge in [-0.2, -0.15) is 0 Å². The second-order valence-electron chi connectivity index (χ2n) is 3.69. The normalized spacial score (nSPS) is 11.5. The maximum absolute atomic E-state index is 11.2. The first-order valence-electron chi connectivity index (χ1n) is 5.90. The Balaban J connectivity index is 3.41. The molecule has 3 N–H and O–H groups in total. The molecule has 4 nitrogen and oxygen atoms in total. The van der Waals surface area contributed by atoms with Crippen molar-refractivity contribution in [3.05, 3.63) is 19.0 Å². The molecule has 0 saturated carbocycles. The molecule has 16 heavy (non-hydrogen) atoms. The van der Waals surface area contributed by atoms with Crippen molar-refractivity contribution in [3.63, 3.8) is 0 Å². The number of carbonyl (C=O) groups excluding carboxylic acids is 1. The lowest BCUT2D eigenvalue weighted by Crippen LogP contribution is -2.76. The summed E-state index contributed by atoms with van der Waals surface area (Å²) in [5, 5.41) is 9.94. The number of carbonyl (C=O) groups is 1. The van der Waals surface area contributed by atoms with E-state index in [9.17, 15) is 4.79 Å². The molecule has 0 aliphatic heterocycles. The topological polar surface area (TPSA) is 63.1 Å². The second-order valence-corrected chi connectivity index (χ2v) is 3.69. The summed E-state index contributed by atoms with van der Waals surface area (Å²) in [6.45, 7) is 2.59. The maximum atomic E-state index is 11.2. The summed E-state index contributed by atoms with van der Waals surface area (Å²) >= 11 is 0. The third kappa shape index (κ3) is 7.29. The molecule has 0 atom stereocenters. The SMILES string of the molecule is [CH2-][NH2+]/C(=C/O)C(=O)OCCCCCCCC. The highest BCUT2D eigenvalue weighted by Crippen LogP contribution is 2.05. The molecule has 0 aromatic heterocycles. The summed E-state index contributed by atoms with van der Waals surface area (Å²) in [4.78, 5) is 11.2. The van der Waals surface area contributed by atoms with Gasteiger partial charge in [0.05, 0.1) is 6.61 Å². The fraction of sp³-hybridized carbons (Fsp3) is 0.667. The molecule has 0 fully saturated rings. The minimum atomic E-state index is -0.508. The van der Waals surface area contributed by atoms with Crippen LogP contribution in [0.15, 0.2) is 12.0 Å². The van der Waals surface area contributed by atoms with Crippen LogP contribution in [0.3, 0.4) is 0 Å². The van der Waals surface area contributed by atoms with Crippen LogP contribution in [0, 0.1) is 7.05 Å². The lowest BCUT2D eigenvalue weighted by atomic mass is 10.1. The number of esters is 1. The molecular weight excluding hydrogens is 206 g/mol. The highest BCUT2D eigenvalue weighted by Gasteiger charge is 2.10. The molecule has 0 spiro atoms. The van der Waals surface area contributed by atoms with Gasteiger partial charge < -0.3 is 15.2 Å². The van der Waals surface area contributed by atoms with Crippen LogP contribution in [0.25, 0.3) is 0 Å². The van der Waals surface area contributed by atoms with Gasteiger partial charge in [-0.05, 0) is 6.42 Å². The first-order valence-corrected chi connectivity index (χ1v) is 5.90. The number of hydrogen-bond acceptors (Lipinski definition) is 3. The van der Waals surface area contributed by atoms with Crippen LogP contribution in [0.2, 0.25) is 0 Å². The molecule has 0 aromatic carbocycles. The first-order chi connectivity index (χ1) is 7.76. The third-order valence-corrected chi connectivity index (χ3v) is 2.33. The number of unbranched alkanes of at least 4 members (excludes halogenated alkanes) is 5. The van der Waals surface area contributed by atoms with E-state index < -0.39 is 5.97 Å². The maximum Gasteiger partial charge on any atom is 0.393 e. The molecule has 0 amide bonds. The van der Waals surface area contributed by atoms with Crippen molar-refractivity contribution in [1.82, 2.24) is 0 Å². The fourth-order valence-corrected chi connectivity index (χ4v) is 1.32. The zero-order chi connectivity index (χ0) is 12.2. The van der Waals surface area contributed by atoms with Gasteiger partial charge in [0.15, 0.2) is 0 Å². The second kappa shape index (κ2) is 10.5. The summed E-state index contributed by atoms with van der Waals surface area (Å²) in [5.74, 6) is -0.508. The highest BCUT2D eigenvalue weighted by atomic mass is 16.5. The van der Waals surface area contributed by atoms with Crippen molar-refractivity contribution in [1.29, 1.82) is 0 Å². The van der Waals surface area contributed by atoms with E-state index in [2.05, 4.69) is 14.0 Å². The monoisotopic (exact) mass is 229 g/mol. The molecule has 4 heteroatoms. The van der Waals surface area contributed by atoms with Gasteiger partial charge in [0, 0.05) is 0 Å². The summed E-state index contributed by atoms with van der Waals surface area (Å²) in [6.07, 6.45) is 7.63. The molecule has 0 aliphatic rings. The molecule has 0 saturated heterocycles. The number of aliphatic hydroxyl groups is 1. The van der Waals surface area contributed by atoms with E-state index in [1.165, 1.54) is 31.0 Å². The van der Waals surface area contributed by atoms with Gasteiger partial charge in [-0.15, -0.1) is 7.05 Å². The molecule has 0 bridgehead atoms. The number of ether oxygens (including phenoxy) is 1. The molecule has 0 unspecified atom stereocenters. The van der Waals surface area contributed by atoms with Crippen LogP contribution >= 0.6 is 0 Å². The quantitative estimate of drug-likeness (QED) is 0.208. The first kappa shape index (κ1) is 15.0. The van der Waals surface area contributed by atoms with Crippen LogP contribution in [0.5, 0.6) is 0 Å². The lowest BCUT2D eigenvalue weighted by molar-refractivity contribution is -0.539. The van der Waals surface area contributed by atoms with Gasteiger partial charge in [0.2, 0.25) is 5.70 Å². The van der Waals surface area contributed by atoms with Crippen molar-refractivity contribution < 1.29 is 20.0 Å². The number of aliphatic hydroxyl groups excluding tert-OH is 1. The standard InChI is InChI=1S/C12H23NO3/c1-3-4-5-6-7-8-9-16-12(15)11(10-14)13-2/h10,14H,2-9,13H2,1H3/b11-10+. The van der Waals surface area contributed by atoms with E-state index in [1.807, 2.05) is 0 Å². The Morgan fingerprint density at radius 1 is 1.31 bits per heavy atom. The van der Waals surface area contributed by atoms with Gasteiger partial charge in [-0.25, -0.2) is 4.79 Å². The molecule has 0 aliphatic carbocycles. The number of hydrogen-bond donors (Lipinski definition) is 2. The van der Waals surface area contributed by atoms with Gasteiger partial charge >= 0.3 is 5.97 Å². The Labute approximate surface area is 97.7 Å². The van der Waals surface area contributed by atoms with E-state index in [0.717, 1.165) is 19.1 Å². The Morgan fingerprint density at radius 2 is 1.94 bits per heavy atom. The summed E-state index contributed by atoms with van der Waals surface area (Å²) in [5.41, 5.74) is 0.103. The predicted octanol–water partition coefficient (Wildman–Crippen LogP) is 1.64. The minimum Gasteiger partial charge on any atom is -0.509 e. The molecule has 0 rings (SSSR count). The molecule has 0 radical (unpaired) electrons. The Bertz CT molecular complexity index is 214. The van der Waals surface area contributed by atoms with Crippen molar-refractivity contribution in [2.75, 3.05) is 6.61 Å². The highest BCUT2D eigenvalue weighted by molar-refractivity contribution is 5.84. The van der Waals surface area contributed by atoms with E-state index in [1.54, 1.807) is 0 Å². The number of quaternary nitrogens is 1. The number of rotatable bonds is 9.